The predicted molar refractivity (Wildman–Crippen MR) is 131 cm³/mol. The topological polar surface area (TPSA) is 66.0 Å². The zero-order chi connectivity index (χ0) is 22.7. The van der Waals surface area contributed by atoms with Gasteiger partial charge in [0.2, 0.25) is 0 Å². The van der Waals surface area contributed by atoms with E-state index in [-0.39, 0.29) is 0 Å². The van der Waals surface area contributed by atoms with Crippen LogP contribution in [0.5, 0.6) is 0 Å². The Bertz CT molecular complexity index is 1340. The van der Waals surface area contributed by atoms with E-state index in [2.05, 4.69) is 79.5 Å². The lowest BCUT2D eigenvalue weighted by atomic mass is 9.86. The van der Waals surface area contributed by atoms with Crippen LogP contribution < -0.4 is 0 Å². The quantitative estimate of drug-likeness (QED) is 0.270. The molecule has 0 saturated heterocycles. The summed E-state index contributed by atoms with van der Waals surface area (Å²) in [5, 5.41) is 17.2. The van der Waals surface area contributed by atoms with Crippen molar-refractivity contribution in [3.05, 3.63) is 106 Å². The molecule has 2 N–H and O–H groups in total. The SMILES string of the molecule is CC/C(=C(/c1ccc(/C=C/C(=O)O)cc1)c1ccc2[nH]ncc2c1)c1ccc(C)c(C)c1. The second-order valence-electron chi connectivity index (χ2n) is 7.97. The first kappa shape index (κ1) is 21.3. The summed E-state index contributed by atoms with van der Waals surface area (Å²) in [6.07, 6.45) is 5.49. The Morgan fingerprint density at radius 1 is 0.938 bits per heavy atom. The molecule has 0 saturated carbocycles. The average molecular weight is 423 g/mol. The molecule has 160 valence electrons. The van der Waals surface area contributed by atoms with E-state index in [9.17, 15) is 4.79 Å². The first-order chi connectivity index (χ1) is 15.5. The number of benzene rings is 3. The molecule has 3 aromatic carbocycles. The molecule has 1 aromatic heterocycles. The van der Waals surface area contributed by atoms with Gasteiger partial charge in [-0.15, -0.1) is 0 Å². The van der Waals surface area contributed by atoms with Crippen molar-refractivity contribution in [3.8, 4) is 0 Å². The highest BCUT2D eigenvalue weighted by Gasteiger charge is 2.14. The molecule has 4 nitrogen and oxygen atoms in total. The number of H-pyrrole nitrogens is 1. The number of hydrogen-bond donors (Lipinski definition) is 2. The molecule has 0 aliphatic heterocycles. The van der Waals surface area contributed by atoms with E-state index in [1.807, 2.05) is 18.3 Å². The molecule has 4 heteroatoms. The second kappa shape index (κ2) is 9.06. The van der Waals surface area contributed by atoms with Crippen LogP contribution in [0.2, 0.25) is 0 Å². The summed E-state index contributed by atoms with van der Waals surface area (Å²) >= 11 is 0. The van der Waals surface area contributed by atoms with Crippen molar-refractivity contribution < 1.29 is 9.90 Å². The summed E-state index contributed by atoms with van der Waals surface area (Å²) in [5.41, 5.74) is 10.3. The second-order valence-corrected chi connectivity index (χ2v) is 7.97. The third-order valence-electron chi connectivity index (χ3n) is 5.86. The Hall–Kier alpha value is -3.92. The molecule has 4 rings (SSSR count). The van der Waals surface area contributed by atoms with E-state index in [1.54, 1.807) is 6.08 Å². The molecular formula is C28H26N2O2. The van der Waals surface area contributed by atoms with E-state index in [0.717, 1.165) is 40.1 Å². The monoisotopic (exact) mass is 422 g/mol. The van der Waals surface area contributed by atoms with Gasteiger partial charge in [0.25, 0.3) is 0 Å². The zero-order valence-electron chi connectivity index (χ0n) is 18.5. The van der Waals surface area contributed by atoms with Crippen LogP contribution >= 0.6 is 0 Å². The van der Waals surface area contributed by atoms with Gasteiger partial charge in [-0.1, -0.05) is 55.5 Å². The highest BCUT2D eigenvalue weighted by Crippen LogP contribution is 2.36. The minimum Gasteiger partial charge on any atom is -0.478 e. The Kier molecular flexibility index (Phi) is 6.04. The number of fused-ring (bicyclic) bond motifs is 1. The summed E-state index contributed by atoms with van der Waals surface area (Å²) in [6.45, 7) is 6.46. The van der Waals surface area contributed by atoms with Crippen LogP contribution in [0.1, 0.15) is 46.7 Å². The van der Waals surface area contributed by atoms with Crippen molar-refractivity contribution in [2.24, 2.45) is 0 Å². The molecule has 0 amide bonds. The first-order valence-corrected chi connectivity index (χ1v) is 10.7. The van der Waals surface area contributed by atoms with Gasteiger partial charge in [-0.25, -0.2) is 4.79 Å². The van der Waals surface area contributed by atoms with Crippen LogP contribution in [0.25, 0.3) is 28.1 Å². The number of allylic oxidation sites excluding steroid dienone is 1. The fourth-order valence-corrected chi connectivity index (χ4v) is 4.00. The Morgan fingerprint density at radius 2 is 1.66 bits per heavy atom. The van der Waals surface area contributed by atoms with Crippen LogP contribution in [0.15, 0.2) is 72.9 Å². The number of nitrogens with one attached hydrogen (secondary N) is 1. The molecule has 0 bridgehead atoms. The number of carboxylic acid groups (broad SMARTS) is 1. The highest BCUT2D eigenvalue weighted by atomic mass is 16.4. The molecule has 0 spiro atoms. The number of nitrogens with zero attached hydrogens (tertiary/aromatic N) is 1. The Labute approximate surface area is 187 Å². The van der Waals surface area contributed by atoms with Gasteiger partial charge in [-0.3, -0.25) is 5.10 Å². The summed E-state index contributed by atoms with van der Waals surface area (Å²) in [6, 6.07) is 21.0. The summed E-state index contributed by atoms with van der Waals surface area (Å²) < 4.78 is 0. The molecule has 0 aliphatic carbocycles. The van der Waals surface area contributed by atoms with Crippen molar-refractivity contribution in [1.82, 2.24) is 10.2 Å². The number of hydrogen-bond acceptors (Lipinski definition) is 2. The predicted octanol–water partition coefficient (Wildman–Crippen LogP) is 6.65. The third-order valence-corrected chi connectivity index (χ3v) is 5.86. The van der Waals surface area contributed by atoms with E-state index >= 15 is 0 Å². The van der Waals surface area contributed by atoms with E-state index < -0.39 is 5.97 Å². The van der Waals surface area contributed by atoms with E-state index in [4.69, 9.17) is 5.11 Å². The highest BCUT2D eigenvalue weighted by molar-refractivity contribution is 6.00. The van der Waals surface area contributed by atoms with Gasteiger partial charge in [0.15, 0.2) is 0 Å². The van der Waals surface area contributed by atoms with Crippen LogP contribution in [-0.2, 0) is 4.79 Å². The standard InChI is InChI=1S/C28H26N2O2/c1-4-25(22-9-5-18(2)19(3)15-22)28(23-12-13-26-24(16-23)17-29-30-26)21-10-6-20(7-11-21)8-14-27(31)32/h5-17H,4H2,1-3H3,(H,29,30)(H,31,32)/b14-8+,28-25+. The Balaban J connectivity index is 1.92. The lowest BCUT2D eigenvalue weighted by molar-refractivity contribution is -0.131. The maximum Gasteiger partial charge on any atom is 0.328 e. The summed E-state index contributed by atoms with van der Waals surface area (Å²) in [4.78, 5) is 10.9. The van der Waals surface area contributed by atoms with Gasteiger partial charge in [-0.05, 0) is 83.0 Å². The number of aliphatic carboxylic acids is 1. The van der Waals surface area contributed by atoms with E-state index in [0.29, 0.717) is 0 Å². The van der Waals surface area contributed by atoms with Gasteiger partial charge in [0.1, 0.15) is 0 Å². The molecule has 0 radical (unpaired) electrons. The maximum absolute atomic E-state index is 10.9. The number of aryl methyl sites for hydroxylation is 2. The lowest BCUT2D eigenvalue weighted by Crippen LogP contribution is -1.96. The summed E-state index contributed by atoms with van der Waals surface area (Å²) in [5.74, 6) is -0.953. The van der Waals surface area contributed by atoms with Gasteiger partial charge >= 0.3 is 5.97 Å². The fraction of sp³-hybridized carbons (Fsp3) is 0.143. The van der Waals surface area contributed by atoms with Crippen LogP contribution in [0.3, 0.4) is 0 Å². The van der Waals surface area contributed by atoms with Crippen molar-refractivity contribution in [2.45, 2.75) is 27.2 Å². The van der Waals surface area contributed by atoms with Crippen molar-refractivity contribution in [2.75, 3.05) is 0 Å². The van der Waals surface area contributed by atoms with Crippen LogP contribution in [-0.4, -0.2) is 21.3 Å². The molecule has 0 unspecified atom stereocenters. The number of aromatic nitrogens is 2. The molecule has 0 fully saturated rings. The molecule has 32 heavy (non-hydrogen) atoms. The van der Waals surface area contributed by atoms with Crippen LogP contribution in [0.4, 0.5) is 0 Å². The zero-order valence-corrected chi connectivity index (χ0v) is 18.5. The summed E-state index contributed by atoms with van der Waals surface area (Å²) in [7, 11) is 0. The lowest BCUT2D eigenvalue weighted by Gasteiger charge is -2.17. The average Bonchev–Trinajstić information content (AvgIpc) is 3.26. The number of aromatic amines is 1. The van der Waals surface area contributed by atoms with Gasteiger partial charge < -0.3 is 5.11 Å². The van der Waals surface area contributed by atoms with E-state index in [1.165, 1.54) is 27.8 Å². The van der Waals surface area contributed by atoms with Crippen molar-refractivity contribution in [3.63, 3.8) is 0 Å². The van der Waals surface area contributed by atoms with Crippen molar-refractivity contribution >= 4 is 34.1 Å². The normalized spacial score (nSPS) is 12.3. The molecule has 1 heterocycles. The fourth-order valence-electron chi connectivity index (χ4n) is 4.00. The third kappa shape index (κ3) is 4.40. The van der Waals surface area contributed by atoms with Crippen molar-refractivity contribution in [1.29, 1.82) is 0 Å². The molecule has 0 atom stereocenters. The van der Waals surface area contributed by atoms with Gasteiger partial charge in [0.05, 0.1) is 11.7 Å². The van der Waals surface area contributed by atoms with Crippen LogP contribution in [0, 0.1) is 13.8 Å². The number of rotatable bonds is 6. The Morgan fingerprint density at radius 3 is 2.34 bits per heavy atom. The molecule has 0 aliphatic rings. The first-order valence-electron chi connectivity index (χ1n) is 10.7. The largest absolute Gasteiger partial charge is 0.478 e. The minimum absolute atomic E-state index is 0.852. The number of carboxylic acids is 1. The minimum atomic E-state index is -0.953. The van der Waals surface area contributed by atoms with Gasteiger partial charge in [-0.2, -0.15) is 5.10 Å². The molecular weight excluding hydrogens is 396 g/mol. The maximum atomic E-state index is 10.9. The molecule has 4 aromatic rings. The van der Waals surface area contributed by atoms with Gasteiger partial charge in [0, 0.05) is 11.5 Å². The number of carbonyl (C=O) groups is 1. The smallest absolute Gasteiger partial charge is 0.328 e.